The summed E-state index contributed by atoms with van der Waals surface area (Å²) in [5.41, 5.74) is -0.700. The van der Waals surface area contributed by atoms with Gasteiger partial charge in [0, 0.05) is 12.6 Å². The van der Waals surface area contributed by atoms with Gasteiger partial charge in [-0.05, 0) is 56.8 Å². The van der Waals surface area contributed by atoms with Gasteiger partial charge in [0.05, 0.1) is 11.5 Å². The molecule has 4 heteroatoms. The van der Waals surface area contributed by atoms with Crippen LogP contribution in [0.4, 0.5) is 0 Å². The number of rotatable bonds is 4. The van der Waals surface area contributed by atoms with Gasteiger partial charge < -0.3 is 15.5 Å². The predicted molar refractivity (Wildman–Crippen MR) is 78.5 cm³/mol. The summed E-state index contributed by atoms with van der Waals surface area (Å²) in [6.07, 6.45) is 6.13. The molecule has 0 aliphatic heterocycles. The van der Waals surface area contributed by atoms with Gasteiger partial charge in [0.2, 0.25) is 0 Å². The molecule has 0 heterocycles. The van der Waals surface area contributed by atoms with Crippen molar-refractivity contribution in [3.8, 4) is 0 Å². The molecule has 2 saturated carbocycles. The van der Waals surface area contributed by atoms with E-state index in [0.717, 1.165) is 5.92 Å². The van der Waals surface area contributed by atoms with E-state index in [-0.39, 0.29) is 5.92 Å². The van der Waals surface area contributed by atoms with E-state index >= 15 is 0 Å². The summed E-state index contributed by atoms with van der Waals surface area (Å²) in [6, 6.07) is 0.507. The third kappa shape index (κ3) is 3.95. The zero-order valence-electron chi connectivity index (χ0n) is 12.8. The van der Waals surface area contributed by atoms with Crippen molar-refractivity contribution in [3.05, 3.63) is 0 Å². The van der Waals surface area contributed by atoms with Gasteiger partial charge >= 0.3 is 5.97 Å². The molecule has 2 aliphatic carbocycles. The molecule has 0 radical (unpaired) electrons. The lowest BCUT2D eigenvalue weighted by atomic mass is 9.77. The number of carboxylic acid groups (broad SMARTS) is 1. The van der Waals surface area contributed by atoms with Crippen molar-refractivity contribution in [1.82, 2.24) is 5.32 Å². The second-order valence-corrected chi connectivity index (χ2v) is 7.22. The lowest BCUT2D eigenvalue weighted by Crippen LogP contribution is -2.49. The third-order valence-electron chi connectivity index (χ3n) is 5.39. The average Bonchev–Trinajstić information content (AvgIpc) is 2.38. The van der Waals surface area contributed by atoms with Crippen molar-refractivity contribution in [2.45, 2.75) is 70.4 Å². The summed E-state index contributed by atoms with van der Waals surface area (Å²) >= 11 is 0. The molecule has 3 atom stereocenters. The fourth-order valence-electron chi connectivity index (χ4n) is 3.87. The van der Waals surface area contributed by atoms with E-state index in [2.05, 4.69) is 19.2 Å². The Morgan fingerprint density at radius 2 is 1.85 bits per heavy atom. The van der Waals surface area contributed by atoms with Gasteiger partial charge in [0.15, 0.2) is 0 Å². The van der Waals surface area contributed by atoms with Crippen LogP contribution in [0.5, 0.6) is 0 Å². The molecular formula is C16H29NO3. The Morgan fingerprint density at radius 1 is 1.20 bits per heavy atom. The molecule has 116 valence electrons. The molecule has 0 aromatic carbocycles. The first-order valence-electron chi connectivity index (χ1n) is 8.08. The van der Waals surface area contributed by atoms with Crippen LogP contribution in [0, 0.1) is 17.8 Å². The minimum absolute atomic E-state index is 0.260. The molecule has 0 amide bonds. The molecule has 0 spiro atoms. The number of carbonyl (C=O) groups is 1. The second-order valence-electron chi connectivity index (χ2n) is 7.22. The molecule has 0 aromatic heterocycles. The number of aliphatic hydroxyl groups is 1. The van der Waals surface area contributed by atoms with E-state index in [0.29, 0.717) is 44.2 Å². The van der Waals surface area contributed by atoms with E-state index in [9.17, 15) is 9.90 Å². The van der Waals surface area contributed by atoms with E-state index in [1.165, 1.54) is 19.3 Å². The number of carboxylic acids is 1. The third-order valence-corrected chi connectivity index (χ3v) is 5.39. The molecule has 20 heavy (non-hydrogen) atoms. The molecule has 3 unspecified atom stereocenters. The maximum atomic E-state index is 10.9. The van der Waals surface area contributed by atoms with E-state index in [4.69, 9.17) is 5.11 Å². The van der Waals surface area contributed by atoms with Gasteiger partial charge in [0.1, 0.15) is 0 Å². The smallest absolute Gasteiger partial charge is 0.306 e. The van der Waals surface area contributed by atoms with E-state index < -0.39 is 11.6 Å². The monoisotopic (exact) mass is 283 g/mol. The van der Waals surface area contributed by atoms with Crippen molar-refractivity contribution in [2.24, 2.45) is 17.8 Å². The lowest BCUT2D eigenvalue weighted by molar-refractivity contribution is -0.144. The van der Waals surface area contributed by atoms with Crippen LogP contribution in [0.25, 0.3) is 0 Å². The van der Waals surface area contributed by atoms with Crippen molar-refractivity contribution in [3.63, 3.8) is 0 Å². The molecule has 0 aromatic rings. The normalized spacial score (nSPS) is 42.4. The summed E-state index contributed by atoms with van der Waals surface area (Å²) in [4.78, 5) is 10.9. The summed E-state index contributed by atoms with van der Waals surface area (Å²) in [7, 11) is 0. The molecule has 3 N–H and O–H groups in total. The molecule has 0 bridgehead atoms. The molecule has 4 nitrogen and oxygen atoms in total. The summed E-state index contributed by atoms with van der Waals surface area (Å²) in [5.74, 6) is 0.509. The summed E-state index contributed by atoms with van der Waals surface area (Å²) in [6.45, 7) is 5.22. The van der Waals surface area contributed by atoms with Gasteiger partial charge in [-0.2, -0.15) is 0 Å². The first-order chi connectivity index (χ1) is 9.39. The fourth-order valence-corrected chi connectivity index (χ4v) is 3.87. The minimum Gasteiger partial charge on any atom is -0.481 e. The van der Waals surface area contributed by atoms with E-state index in [1.54, 1.807) is 0 Å². The molecule has 0 saturated heterocycles. The van der Waals surface area contributed by atoms with Gasteiger partial charge in [-0.1, -0.05) is 13.8 Å². The highest BCUT2D eigenvalue weighted by Crippen LogP contribution is 2.33. The highest BCUT2D eigenvalue weighted by Gasteiger charge is 2.36. The van der Waals surface area contributed by atoms with Crippen LogP contribution in [0.3, 0.4) is 0 Å². The van der Waals surface area contributed by atoms with Gasteiger partial charge in [-0.3, -0.25) is 4.79 Å². The van der Waals surface area contributed by atoms with Crippen molar-refractivity contribution < 1.29 is 15.0 Å². The maximum Gasteiger partial charge on any atom is 0.306 e. The van der Waals surface area contributed by atoms with Gasteiger partial charge in [-0.25, -0.2) is 0 Å². The highest BCUT2D eigenvalue weighted by molar-refractivity contribution is 5.70. The highest BCUT2D eigenvalue weighted by atomic mass is 16.4. The number of hydrogen-bond donors (Lipinski definition) is 3. The molecule has 2 fully saturated rings. The molecular weight excluding hydrogens is 254 g/mol. The first-order valence-corrected chi connectivity index (χ1v) is 8.08. The Labute approximate surface area is 122 Å². The predicted octanol–water partition coefficient (Wildman–Crippen LogP) is 2.41. The number of aliphatic carboxylic acids is 1. The van der Waals surface area contributed by atoms with Crippen LogP contribution >= 0.6 is 0 Å². The Balaban J connectivity index is 1.77. The number of hydrogen-bond acceptors (Lipinski definition) is 3. The van der Waals surface area contributed by atoms with Crippen molar-refractivity contribution in [1.29, 1.82) is 0 Å². The zero-order chi connectivity index (χ0) is 14.8. The Hall–Kier alpha value is -0.610. The van der Waals surface area contributed by atoms with Crippen LogP contribution in [0.15, 0.2) is 0 Å². The quantitative estimate of drug-likeness (QED) is 0.741. The molecule has 2 aliphatic rings. The van der Waals surface area contributed by atoms with Crippen LogP contribution in [-0.4, -0.2) is 34.4 Å². The van der Waals surface area contributed by atoms with Gasteiger partial charge in [0.25, 0.3) is 0 Å². The maximum absolute atomic E-state index is 10.9. The minimum atomic E-state index is -0.713. The standard InChI is InChI=1S/C16H29NO3/c1-11-3-4-14(12(2)9-11)17-10-16(20)7-5-13(6-8-16)15(18)19/h11-14,17,20H,3-10H2,1-2H3,(H,18,19). The first kappa shape index (κ1) is 15.8. The SMILES string of the molecule is CC1CCC(NCC2(O)CCC(C(=O)O)CC2)C(C)C1. The Morgan fingerprint density at radius 3 is 2.40 bits per heavy atom. The average molecular weight is 283 g/mol. The van der Waals surface area contributed by atoms with E-state index in [1.807, 2.05) is 0 Å². The largest absolute Gasteiger partial charge is 0.481 e. The topological polar surface area (TPSA) is 69.6 Å². The van der Waals surface area contributed by atoms with Gasteiger partial charge in [-0.15, -0.1) is 0 Å². The lowest BCUT2D eigenvalue weighted by Gasteiger charge is -2.39. The fraction of sp³-hybridized carbons (Fsp3) is 0.938. The molecule has 2 rings (SSSR count). The van der Waals surface area contributed by atoms with Crippen molar-refractivity contribution >= 4 is 5.97 Å². The van der Waals surface area contributed by atoms with Crippen LogP contribution in [-0.2, 0) is 4.79 Å². The Bertz CT molecular complexity index is 337. The zero-order valence-corrected chi connectivity index (χ0v) is 12.8. The van der Waals surface area contributed by atoms with Crippen LogP contribution < -0.4 is 5.32 Å². The van der Waals surface area contributed by atoms with Crippen molar-refractivity contribution in [2.75, 3.05) is 6.54 Å². The van der Waals surface area contributed by atoms with Crippen LogP contribution in [0.2, 0.25) is 0 Å². The second kappa shape index (κ2) is 6.44. The Kier molecular flexibility index (Phi) is 5.08. The number of nitrogens with one attached hydrogen (secondary N) is 1. The van der Waals surface area contributed by atoms with Crippen LogP contribution in [0.1, 0.15) is 58.8 Å². The summed E-state index contributed by atoms with van der Waals surface area (Å²) < 4.78 is 0. The summed E-state index contributed by atoms with van der Waals surface area (Å²) in [5, 5.41) is 23.1.